The Morgan fingerprint density at radius 1 is 0.328 bits per heavy atom. The molecule has 2 aliphatic rings. The van der Waals surface area contributed by atoms with Crippen molar-refractivity contribution in [2.24, 2.45) is 11.8 Å². The zero-order valence-electron chi connectivity index (χ0n) is 33.7. The van der Waals surface area contributed by atoms with Gasteiger partial charge >= 0.3 is 0 Å². The van der Waals surface area contributed by atoms with E-state index in [1.165, 1.54) is 88.8 Å². The zero-order valence-corrected chi connectivity index (χ0v) is 33.7. The number of fused-ring (bicyclic) bond motifs is 5. The minimum Gasteiger partial charge on any atom is -0.313 e. The maximum Gasteiger partial charge on any atom is 0.0540 e. The molecular weight excluding hydrogens is 737 g/mol. The molecule has 2 atom stereocenters. The minimum absolute atomic E-state index is 0.550. The second-order valence-electron chi connectivity index (χ2n) is 16.4. The molecule has 2 unspecified atom stereocenters. The second kappa shape index (κ2) is 14.5. The lowest BCUT2D eigenvalue weighted by molar-refractivity contribution is 0.872. The average molecular weight is 779 g/mol. The van der Waals surface area contributed by atoms with E-state index in [2.05, 4.69) is 240 Å². The van der Waals surface area contributed by atoms with Gasteiger partial charge in [-0.1, -0.05) is 176 Å². The molecule has 61 heavy (non-hydrogen) atoms. The van der Waals surface area contributed by atoms with Crippen molar-refractivity contribution in [3.8, 4) is 22.3 Å². The summed E-state index contributed by atoms with van der Waals surface area (Å²) in [4.78, 5) is 4.90. The van der Waals surface area contributed by atoms with Crippen molar-refractivity contribution < 1.29 is 0 Å². The summed E-state index contributed by atoms with van der Waals surface area (Å²) in [6.07, 6.45) is 8.18. The summed E-state index contributed by atoms with van der Waals surface area (Å²) in [7, 11) is 0. The first kappa shape index (κ1) is 35.3. The molecule has 1 fully saturated rings. The van der Waals surface area contributed by atoms with Crippen LogP contribution in [0.2, 0.25) is 0 Å². The van der Waals surface area contributed by atoms with Gasteiger partial charge in [0.05, 0.1) is 11.4 Å². The van der Waals surface area contributed by atoms with Crippen LogP contribution >= 0.6 is 0 Å². The molecule has 0 aromatic heterocycles. The third-order valence-electron chi connectivity index (χ3n) is 12.9. The molecule has 12 rings (SSSR count). The van der Waals surface area contributed by atoms with Crippen LogP contribution in [0.1, 0.15) is 6.42 Å². The maximum atomic E-state index is 2.52. The lowest BCUT2D eigenvalue weighted by Gasteiger charge is -2.31. The molecule has 0 N–H and O–H groups in total. The van der Waals surface area contributed by atoms with Crippen LogP contribution in [-0.2, 0) is 0 Å². The van der Waals surface area contributed by atoms with E-state index in [0.29, 0.717) is 11.8 Å². The van der Waals surface area contributed by atoms with Gasteiger partial charge in [-0.15, -0.1) is 0 Å². The Hall–Kier alpha value is -7.68. The molecule has 0 radical (unpaired) electrons. The summed E-state index contributed by atoms with van der Waals surface area (Å²) in [5.41, 5.74) is 12.2. The fraction of sp³-hybridized carbons (Fsp3) is 0.0508. The molecule has 10 aromatic rings. The van der Waals surface area contributed by atoms with Gasteiger partial charge in [0.2, 0.25) is 0 Å². The monoisotopic (exact) mass is 778 g/mol. The fourth-order valence-electron chi connectivity index (χ4n) is 10.1. The smallest absolute Gasteiger partial charge is 0.0540 e. The van der Waals surface area contributed by atoms with Crippen molar-refractivity contribution >= 4 is 71.5 Å². The molecule has 0 bridgehead atoms. The molecular formula is C59H42N2. The lowest BCUT2D eigenvalue weighted by Crippen LogP contribution is -2.19. The molecule has 0 aliphatic heterocycles. The average Bonchev–Trinajstić information content (AvgIpc) is 4.14. The van der Waals surface area contributed by atoms with Gasteiger partial charge in [0.25, 0.3) is 0 Å². The van der Waals surface area contributed by atoms with Gasteiger partial charge in [0.15, 0.2) is 0 Å². The van der Waals surface area contributed by atoms with Crippen LogP contribution in [0.5, 0.6) is 0 Å². The van der Waals surface area contributed by atoms with Crippen molar-refractivity contribution in [2.45, 2.75) is 6.42 Å². The number of hydrogen-bond acceptors (Lipinski definition) is 2. The van der Waals surface area contributed by atoms with Gasteiger partial charge in [-0.3, -0.25) is 0 Å². The van der Waals surface area contributed by atoms with Crippen LogP contribution in [0.25, 0.3) is 65.3 Å². The number of benzene rings is 10. The molecule has 2 nitrogen and oxygen atoms in total. The van der Waals surface area contributed by atoms with Crippen LogP contribution in [0.4, 0.5) is 28.4 Å². The Bertz CT molecular complexity index is 3250. The molecule has 0 spiro atoms. The highest BCUT2D eigenvalue weighted by molar-refractivity contribution is 6.26. The Kier molecular flexibility index (Phi) is 8.41. The van der Waals surface area contributed by atoms with Crippen molar-refractivity contribution in [2.75, 3.05) is 9.80 Å². The molecule has 0 saturated heterocycles. The van der Waals surface area contributed by atoms with Crippen molar-refractivity contribution in [1.82, 2.24) is 0 Å². The number of para-hydroxylation sites is 3. The molecule has 0 heterocycles. The van der Waals surface area contributed by atoms with Crippen LogP contribution in [0, 0.1) is 11.8 Å². The number of rotatable bonds is 8. The topological polar surface area (TPSA) is 6.48 Å². The van der Waals surface area contributed by atoms with E-state index in [1.807, 2.05) is 0 Å². The van der Waals surface area contributed by atoms with Gasteiger partial charge < -0.3 is 9.80 Å². The van der Waals surface area contributed by atoms with Crippen LogP contribution in [0.15, 0.2) is 236 Å². The van der Waals surface area contributed by atoms with Gasteiger partial charge in [0, 0.05) is 39.4 Å². The van der Waals surface area contributed by atoms with Crippen LogP contribution in [0.3, 0.4) is 0 Å². The highest BCUT2D eigenvalue weighted by Gasteiger charge is 2.42. The summed E-state index contributed by atoms with van der Waals surface area (Å²) in [6, 6.07) is 77.8. The Morgan fingerprint density at radius 2 is 0.689 bits per heavy atom. The normalized spacial score (nSPS) is 15.5. The van der Waals surface area contributed by atoms with Crippen molar-refractivity contribution in [3.05, 3.63) is 236 Å². The van der Waals surface area contributed by atoms with E-state index in [4.69, 9.17) is 0 Å². The van der Waals surface area contributed by atoms with Gasteiger partial charge in [-0.05, 0) is 122 Å². The molecule has 10 aromatic carbocycles. The summed E-state index contributed by atoms with van der Waals surface area (Å²) < 4.78 is 0. The molecule has 1 saturated carbocycles. The second-order valence-corrected chi connectivity index (χ2v) is 16.4. The summed E-state index contributed by atoms with van der Waals surface area (Å²) in [5, 5.41) is 9.91. The third-order valence-corrected chi connectivity index (χ3v) is 12.9. The SMILES string of the molecule is C1=CC2CC2C(N(c2ccccc2)c2ccc(-c3c4ccccc4c(-c4ccc(N(c5ccccc5)c5ccccc5)c5ccccc45)c4ccccc34)c3ccccc23)=C1. The molecule has 288 valence electrons. The molecule has 2 aliphatic carbocycles. The number of allylic oxidation sites excluding steroid dienone is 4. The lowest BCUT2D eigenvalue weighted by atomic mass is 9.83. The fourth-order valence-corrected chi connectivity index (χ4v) is 10.1. The molecule has 2 heteroatoms. The van der Waals surface area contributed by atoms with E-state index in [-0.39, 0.29) is 0 Å². The standard InChI is InChI=1S/C59H42N2/c1-4-20-41(21-5-1)60(42-22-6-2-7-23-42)56-37-35-52(44-26-10-12-28-46(44)56)58-48-30-14-16-32-50(48)59(51-33-17-15-31-49(51)58)53-36-38-57(47-29-13-11-27-45(47)53)61(43-24-8-3-9-25-43)55-34-18-19-40-39-54(40)55/h1-38,40,54H,39H2. The predicted molar refractivity (Wildman–Crippen MR) is 259 cm³/mol. The summed E-state index contributed by atoms with van der Waals surface area (Å²) in [6.45, 7) is 0. The Balaban J connectivity index is 1.09. The number of nitrogens with zero attached hydrogens (tertiary/aromatic N) is 2. The first-order valence-corrected chi connectivity index (χ1v) is 21.4. The van der Waals surface area contributed by atoms with Gasteiger partial charge in [-0.2, -0.15) is 0 Å². The van der Waals surface area contributed by atoms with E-state index in [9.17, 15) is 0 Å². The first-order valence-electron chi connectivity index (χ1n) is 21.4. The zero-order chi connectivity index (χ0) is 40.3. The first-order chi connectivity index (χ1) is 30.3. The van der Waals surface area contributed by atoms with Gasteiger partial charge in [-0.25, -0.2) is 0 Å². The summed E-state index contributed by atoms with van der Waals surface area (Å²) >= 11 is 0. The van der Waals surface area contributed by atoms with Crippen LogP contribution < -0.4 is 9.80 Å². The largest absolute Gasteiger partial charge is 0.313 e. The van der Waals surface area contributed by atoms with Gasteiger partial charge in [0.1, 0.15) is 0 Å². The van der Waals surface area contributed by atoms with Crippen molar-refractivity contribution in [3.63, 3.8) is 0 Å². The van der Waals surface area contributed by atoms with E-state index in [1.54, 1.807) is 0 Å². The quantitative estimate of drug-likeness (QED) is 0.142. The Labute approximate surface area is 356 Å². The van der Waals surface area contributed by atoms with Crippen LogP contribution in [-0.4, -0.2) is 0 Å². The molecule has 0 amide bonds. The highest BCUT2D eigenvalue weighted by Crippen LogP contribution is 2.53. The van der Waals surface area contributed by atoms with E-state index >= 15 is 0 Å². The van der Waals surface area contributed by atoms with E-state index in [0.717, 1.165) is 17.1 Å². The Morgan fingerprint density at radius 3 is 1.13 bits per heavy atom. The maximum absolute atomic E-state index is 2.52. The van der Waals surface area contributed by atoms with Crippen molar-refractivity contribution in [1.29, 1.82) is 0 Å². The van der Waals surface area contributed by atoms with E-state index < -0.39 is 0 Å². The highest BCUT2D eigenvalue weighted by atomic mass is 15.2. The third kappa shape index (κ3) is 5.86. The number of hydrogen-bond donors (Lipinski definition) is 0. The summed E-state index contributed by atoms with van der Waals surface area (Å²) in [5.74, 6) is 1.18. The minimum atomic E-state index is 0.550. The predicted octanol–water partition coefficient (Wildman–Crippen LogP) is 16.3. The number of anilines is 5.